The van der Waals surface area contributed by atoms with Gasteiger partial charge in [-0.15, -0.1) is 0 Å². The summed E-state index contributed by atoms with van der Waals surface area (Å²) in [7, 11) is 0. The molecule has 20 heavy (non-hydrogen) atoms. The molecule has 2 rings (SSSR count). The smallest absolute Gasteiger partial charge is 0.335 e. The van der Waals surface area contributed by atoms with Crippen molar-refractivity contribution in [2.24, 2.45) is 0 Å². The largest absolute Gasteiger partial charge is 0.478 e. The summed E-state index contributed by atoms with van der Waals surface area (Å²) >= 11 is 4.26. The molecule has 2 aromatic rings. The zero-order valence-electron chi connectivity index (χ0n) is 10.1. The predicted octanol–water partition coefficient (Wildman–Crippen LogP) is 3.85. The quantitative estimate of drug-likeness (QED) is 0.640. The third kappa shape index (κ3) is 3.69. The second kappa shape index (κ2) is 6.53. The molecule has 0 saturated heterocycles. The number of carboxylic acids is 1. The van der Waals surface area contributed by atoms with Gasteiger partial charge < -0.3 is 10.4 Å². The Hall–Kier alpha value is -1.16. The predicted molar refractivity (Wildman–Crippen MR) is 93.2 cm³/mol. The van der Waals surface area contributed by atoms with E-state index in [-0.39, 0.29) is 11.5 Å². The highest BCUT2D eigenvalue weighted by Gasteiger charge is 2.11. The number of rotatable bonds is 3. The molecule has 2 aromatic carbocycles. The van der Waals surface area contributed by atoms with Gasteiger partial charge in [-0.1, -0.05) is 0 Å². The number of carbonyl (C=O) groups excluding carboxylic acids is 1. The standard InChI is InChI=1S/C14H9I2NO3/c15-9-3-6-12(16)11(7-9)13(18)17-10-4-1-8(2-5-10)14(19)20/h1-7H,(H,17,18)(H,19,20). The third-order valence-electron chi connectivity index (χ3n) is 2.56. The first kappa shape index (κ1) is 15.2. The Balaban J connectivity index is 2.19. The molecule has 0 aliphatic rings. The van der Waals surface area contributed by atoms with Gasteiger partial charge in [-0.2, -0.15) is 0 Å². The van der Waals surface area contributed by atoms with Crippen LogP contribution in [0.5, 0.6) is 0 Å². The number of carboxylic acid groups (broad SMARTS) is 1. The Bertz CT molecular complexity index is 669. The van der Waals surface area contributed by atoms with Crippen LogP contribution in [-0.2, 0) is 0 Å². The SMILES string of the molecule is O=C(O)c1ccc(NC(=O)c2cc(I)ccc2I)cc1. The number of anilines is 1. The topological polar surface area (TPSA) is 66.4 Å². The van der Waals surface area contributed by atoms with Crippen LogP contribution in [0, 0.1) is 7.14 Å². The van der Waals surface area contributed by atoms with Gasteiger partial charge in [-0.25, -0.2) is 4.79 Å². The maximum atomic E-state index is 12.2. The summed E-state index contributed by atoms with van der Waals surface area (Å²) < 4.78 is 1.84. The van der Waals surface area contributed by atoms with Crippen LogP contribution in [0.15, 0.2) is 42.5 Å². The van der Waals surface area contributed by atoms with Crippen molar-refractivity contribution < 1.29 is 14.7 Å². The lowest BCUT2D eigenvalue weighted by atomic mass is 10.2. The molecule has 0 fully saturated rings. The molecule has 2 N–H and O–H groups in total. The highest BCUT2D eigenvalue weighted by molar-refractivity contribution is 14.1. The molecule has 0 bridgehead atoms. The van der Waals surface area contributed by atoms with E-state index < -0.39 is 5.97 Å². The minimum Gasteiger partial charge on any atom is -0.478 e. The number of aromatic carboxylic acids is 1. The van der Waals surface area contributed by atoms with E-state index in [2.05, 4.69) is 50.5 Å². The summed E-state index contributed by atoms with van der Waals surface area (Å²) in [5.74, 6) is -1.20. The highest BCUT2D eigenvalue weighted by atomic mass is 127. The summed E-state index contributed by atoms with van der Waals surface area (Å²) in [6.45, 7) is 0. The Morgan fingerprint density at radius 2 is 1.65 bits per heavy atom. The molecule has 0 aliphatic carbocycles. The van der Waals surface area contributed by atoms with E-state index >= 15 is 0 Å². The van der Waals surface area contributed by atoms with Gasteiger partial charge in [0, 0.05) is 12.8 Å². The van der Waals surface area contributed by atoms with Gasteiger partial charge in [-0.05, 0) is 87.6 Å². The molecule has 0 spiro atoms. The van der Waals surface area contributed by atoms with E-state index in [0.717, 1.165) is 7.14 Å². The van der Waals surface area contributed by atoms with E-state index in [9.17, 15) is 9.59 Å². The van der Waals surface area contributed by atoms with Crippen LogP contribution in [0.2, 0.25) is 0 Å². The van der Waals surface area contributed by atoms with Gasteiger partial charge in [0.05, 0.1) is 11.1 Å². The molecule has 0 aliphatic heterocycles. The number of nitrogens with one attached hydrogen (secondary N) is 1. The van der Waals surface area contributed by atoms with Gasteiger partial charge in [0.15, 0.2) is 0 Å². The van der Waals surface area contributed by atoms with Crippen LogP contribution in [0.4, 0.5) is 5.69 Å². The summed E-state index contributed by atoms with van der Waals surface area (Å²) in [6, 6.07) is 11.7. The number of hydrogen-bond donors (Lipinski definition) is 2. The van der Waals surface area contributed by atoms with Crippen molar-refractivity contribution in [3.63, 3.8) is 0 Å². The number of amides is 1. The molecule has 102 valence electrons. The van der Waals surface area contributed by atoms with Crippen molar-refractivity contribution >= 4 is 62.7 Å². The average molecular weight is 493 g/mol. The van der Waals surface area contributed by atoms with Crippen molar-refractivity contribution in [3.8, 4) is 0 Å². The first-order valence-corrected chi connectivity index (χ1v) is 7.73. The lowest BCUT2D eigenvalue weighted by Crippen LogP contribution is -2.13. The van der Waals surface area contributed by atoms with Gasteiger partial charge >= 0.3 is 5.97 Å². The lowest BCUT2D eigenvalue weighted by Gasteiger charge is -2.07. The van der Waals surface area contributed by atoms with Crippen molar-refractivity contribution in [1.82, 2.24) is 0 Å². The van der Waals surface area contributed by atoms with E-state index in [1.165, 1.54) is 12.1 Å². The van der Waals surface area contributed by atoms with Gasteiger partial charge in [0.2, 0.25) is 0 Å². The summed E-state index contributed by atoms with van der Waals surface area (Å²) in [5, 5.41) is 11.6. The Labute approximate surface area is 142 Å². The van der Waals surface area contributed by atoms with E-state index in [0.29, 0.717) is 11.3 Å². The molecule has 0 aromatic heterocycles. The van der Waals surface area contributed by atoms with Crippen LogP contribution in [0.3, 0.4) is 0 Å². The van der Waals surface area contributed by atoms with Crippen LogP contribution in [0.1, 0.15) is 20.7 Å². The fourth-order valence-electron chi connectivity index (χ4n) is 1.57. The Kier molecular flexibility index (Phi) is 4.97. The van der Waals surface area contributed by atoms with Crippen LogP contribution in [0.25, 0.3) is 0 Å². The molecule has 6 heteroatoms. The molecule has 0 unspecified atom stereocenters. The first-order valence-electron chi connectivity index (χ1n) is 5.57. The van der Waals surface area contributed by atoms with Crippen LogP contribution in [-0.4, -0.2) is 17.0 Å². The second-order valence-corrected chi connectivity index (χ2v) is 6.37. The molecule has 0 saturated carbocycles. The zero-order chi connectivity index (χ0) is 14.7. The van der Waals surface area contributed by atoms with E-state index in [1.54, 1.807) is 12.1 Å². The number of hydrogen-bond acceptors (Lipinski definition) is 2. The molecular weight excluding hydrogens is 484 g/mol. The number of halogens is 2. The highest BCUT2D eigenvalue weighted by Crippen LogP contribution is 2.18. The number of carbonyl (C=O) groups is 2. The molecular formula is C14H9I2NO3. The minimum absolute atomic E-state index is 0.187. The van der Waals surface area contributed by atoms with E-state index in [4.69, 9.17) is 5.11 Å². The van der Waals surface area contributed by atoms with Crippen molar-refractivity contribution in [1.29, 1.82) is 0 Å². The summed E-state index contributed by atoms with van der Waals surface area (Å²) in [4.78, 5) is 22.9. The summed E-state index contributed by atoms with van der Waals surface area (Å²) in [6.07, 6.45) is 0. The van der Waals surface area contributed by atoms with Gasteiger partial charge in [-0.3, -0.25) is 4.79 Å². The van der Waals surface area contributed by atoms with Crippen molar-refractivity contribution in [2.75, 3.05) is 5.32 Å². The maximum Gasteiger partial charge on any atom is 0.335 e. The fourth-order valence-corrected chi connectivity index (χ4v) is 2.64. The number of benzene rings is 2. The second-order valence-electron chi connectivity index (χ2n) is 3.96. The van der Waals surface area contributed by atoms with Gasteiger partial charge in [0.1, 0.15) is 0 Å². The normalized spacial score (nSPS) is 10.1. The Morgan fingerprint density at radius 1 is 1.00 bits per heavy atom. The van der Waals surface area contributed by atoms with Crippen molar-refractivity contribution in [3.05, 3.63) is 60.7 Å². The molecule has 4 nitrogen and oxygen atoms in total. The molecule has 0 radical (unpaired) electrons. The minimum atomic E-state index is -0.991. The van der Waals surface area contributed by atoms with Gasteiger partial charge in [0.25, 0.3) is 5.91 Å². The van der Waals surface area contributed by atoms with Crippen LogP contribution < -0.4 is 5.32 Å². The lowest BCUT2D eigenvalue weighted by molar-refractivity contribution is 0.0696. The zero-order valence-corrected chi connectivity index (χ0v) is 14.4. The summed E-state index contributed by atoms with van der Waals surface area (Å²) in [5.41, 5.74) is 1.35. The van der Waals surface area contributed by atoms with E-state index in [1.807, 2.05) is 18.2 Å². The Morgan fingerprint density at radius 3 is 2.25 bits per heavy atom. The van der Waals surface area contributed by atoms with Crippen molar-refractivity contribution in [2.45, 2.75) is 0 Å². The molecule has 0 heterocycles. The fraction of sp³-hybridized carbons (Fsp3) is 0. The first-order chi connectivity index (χ1) is 9.47. The molecule has 1 amide bonds. The average Bonchev–Trinajstić information content (AvgIpc) is 2.42. The monoisotopic (exact) mass is 493 g/mol. The molecule has 0 atom stereocenters. The third-order valence-corrected chi connectivity index (χ3v) is 4.17. The van der Waals surface area contributed by atoms with Crippen LogP contribution >= 0.6 is 45.2 Å². The maximum absolute atomic E-state index is 12.2.